The quantitative estimate of drug-likeness (QED) is 0.790. The van der Waals surface area contributed by atoms with Crippen molar-refractivity contribution >= 4 is 34.8 Å². The van der Waals surface area contributed by atoms with Gasteiger partial charge < -0.3 is 10.6 Å². The molecule has 0 fully saturated rings. The van der Waals surface area contributed by atoms with Crippen molar-refractivity contribution in [2.75, 3.05) is 10.6 Å². The zero-order valence-corrected chi connectivity index (χ0v) is 13.1. The Kier molecular flexibility index (Phi) is 5.14. The molecular weight excluding hydrogens is 345 g/mol. The molecule has 0 heterocycles. The van der Waals surface area contributed by atoms with Crippen molar-refractivity contribution in [1.29, 1.82) is 0 Å². The second-order valence-corrected chi connectivity index (χ2v) is 5.38. The summed E-state index contributed by atoms with van der Waals surface area (Å²) >= 11 is 5.79. The largest absolute Gasteiger partial charge is 0.416 e. The average Bonchev–Trinajstić information content (AvgIpc) is 2.49. The number of carbonyl (C=O) groups is 2. The van der Waals surface area contributed by atoms with Crippen LogP contribution in [0.2, 0.25) is 5.02 Å². The minimum atomic E-state index is -4.54. The molecule has 0 saturated heterocycles. The van der Waals surface area contributed by atoms with Gasteiger partial charge in [-0.1, -0.05) is 17.7 Å². The van der Waals surface area contributed by atoms with E-state index < -0.39 is 23.6 Å². The van der Waals surface area contributed by atoms with Gasteiger partial charge in [-0.2, -0.15) is 13.2 Å². The van der Waals surface area contributed by atoms with Gasteiger partial charge in [-0.05, 0) is 48.9 Å². The second kappa shape index (κ2) is 6.92. The number of rotatable bonds is 2. The SMILES string of the molecule is Cc1cc(Cl)ccc1NC(=O)C(=O)Nc1cccc(C(F)(F)F)c1. The lowest BCUT2D eigenvalue weighted by molar-refractivity contribution is -0.137. The predicted molar refractivity (Wildman–Crippen MR) is 84.9 cm³/mol. The van der Waals surface area contributed by atoms with Crippen LogP contribution in [0.5, 0.6) is 0 Å². The Labute approximate surface area is 140 Å². The molecule has 0 unspecified atom stereocenters. The number of hydrogen-bond donors (Lipinski definition) is 2. The topological polar surface area (TPSA) is 58.2 Å². The first-order chi connectivity index (χ1) is 11.2. The van der Waals surface area contributed by atoms with Crippen molar-refractivity contribution in [1.82, 2.24) is 0 Å². The first-order valence-corrected chi connectivity index (χ1v) is 7.10. The van der Waals surface area contributed by atoms with Gasteiger partial charge >= 0.3 is 18.0 Å². The highest BCUT2D eigenvalue weighted by atomic mass is 35.5. The average molecular weight is 357 g/mol. The highest BCUT2D eigenvalue weighted by Gasteiger charge is 2.30. The van der Waals surface area contributed by atoms with Gasteiger partial charge in [0.25, 0.3) is 0 Å². The van der Waals surface area contributed by atoms with Crippen LogP contribution >= 0.6 is 11.6 Å². The molecule has 4 nitrogen and oxygen atoms in total. The van der Waals surface area contributed by atoms with Gasteiger partial charge in [-0.15, -0.1) is 0 Å². The maximum atomic E-state index is 12.6. The molecule has 0 saturated carbocycles. The Morgan fingerprint density at radius 2 is 1.67 bits per heavy atom. The van der Waals surface area contributed by atoms with Gasteiger partial charge in [0.05, 0.1) is 5.56 Å². The lowest BCUT2D eigenvalue weighted by Gasteiger charge is -2.11. The van der Waals surface area contributed by atoms with Crippen molar-refractivity contribution in [3.8, 4) is 0 Å². The molecule has 0 aliphatic heterocycles. The fourth-order valence-corrected chi connectivity index (χ4v) is 2.13. The predicted octanol–water partition coefficient (Wildman–Crippen LogP) is 4.24. The standard InChI is InChI=1S/C16H12ClF3N2O2/c1-9-7-11(17)5-6-13(9)22-15(24)14(23)21-12-4-2-3-10(8-12)16(18,19)20/h2-8H,1H3,(H,21,23)(H,22,24). The minimum absolute atomic E-state index is 0.127. The molecule has 0 spiro atoms. The Morgan fingerprint density at radius 3 is 2.29 bits per heavy atom. The van der Waals surface area contributed by atoms with E-state index in [0.717, 1.165) is 18.2 Å². The smallest absolute Gasteiger partial charge is 0.318 e. The van der Waals surface area contributed by atoms with Crippen LogP contribution in [0, 0.1) is 6.92 Å². The molecule has 0 radical (unpaired) electrons. The Balaban J connectivity index is 2.08. The molecule has 0 aromatic heterocycles. The number of benzene rings is 2. The highest BCUT2D eigenvalue weighted by Crippen LogP contribution is 2.30. The first kappa shape index (κ1) is 17.8. The van der Waals surface area contributed by atoms with Crippen LogP contribution in [-0.4, -0.2) is 11.8 Å². The number of nitrogens with one attached hydrogen (secondary N) is 2. The molecule has 24 heavy (non-hydrogen) atoms. The number of hydrogen-bond acceptors (Lipinski definition) is 2. The van der Waals surface area contributed by atoms with Gasteiger partial charge in [0.2, 0.25) is 0 Å². The summed E-state index contributed by atoms with van der Waals surface area (Å²) in [5.74, 6) is -2.08. The molecule has 2 N–H and O–H groups in total. The number of carbonyl (C=O) groups excluding carboxylic acids is 2. The maximum absolute atomic E-state index is 12.6. The van der Waals surface area contributed by atoms with E-state index in [1.54, 1.807) is 13.0 Å². The van der Waals surface area contributed by atoms with Crippen LogP contribution in [0.3, 0.4) is 0 Å². The summed E-state index contributed by atoms with van der Waals surface area (Å²) in [5.41, 5.74) is -0.0293. The van der Waals surface area contributed by atoms with Crippen LogP contribution in [0.15, 0.2) is 42.5 Å². The number of halogens is 4. The molecule has 2 aromatic rings. The normalized spacial score (nSPS) is 11.0. The van der Waals surface area contributed by atoms with Gasteiger partial charge in [0.1, 0.15) is 0 Å². The monoisotopic (exact) mass is 356 g/mol. The van der Waals surface area contributed by atoms with E-state index >= 15 is 0 Å². The van der Waals surface area contributed by atoms with Gasteiger partial charge in [0, 0.05) is 16.4 Å². The van der Waals surface area contributed by atoms with Crippen LogP contribution < -0.4 is 10.6 Å². The van der Waals surface area contributed by atoms with Gasteiger partial charge in [-0.25, -0.2) is 0 Å². The Hall–Kier alpha value is -2.54. The van der Waals surface area contributed by atoms with E-state index in [1.165, 1.54) is 18.2 Å². The van der Waals surface area contributed by atoms with E-state index in [-0.39, 0.29) is 5.69 Å². The molecule has 126 valence electrons. The molecule has 2 rings (SSSR count). The highest BCUT2D eigenvalue weighted by molar-refractivity contribution is 6.43. The van der Waals surface area contributed by atoms with Gasteiger partial charge in [-0.3, -0.25) is 9.59 Å². The second-order valence-electron chi connectivity index (χ2n) is 4.95. The molecule has 2 amide bonds. The van der Waals surface area contributed by atoms with E-state index in [9.17, 15) is 22.8 Å². The van der Waals surface area contributed by atoms with E-state index in [1.807, 2.05) is 0 Å². The number of amides is 2. The lowest BCUT2D eigenvalue weighted by Crippen LogP contribution is -2.29. The summed E-state index contributed by atoms with van der Waals surface area (Å²) in [4.78, 5) is 23.7. The number of alkyl halides is 3. The zero-order valence-electron chi connectivity index (χ0n) is 12.4. The Bertz CT molecular complexity index is 791. The minimum Gasteiger partial charge on any atom is -0.318 e. The molecular formula is C16H12ClF3N2O2. The summed E-state index contributed by atoms with van der Waals surface area (Å²) < 4.78 is 37.9. The van der Waals surface area contributed by atoms with Crippen LogP contribution in [0.4, 0.5) is 24.5 Å². The molecule has 8 heteroatoms. The third kappa shape index (κ3) is 4.48. The first-order valence-electron chi connectivity index (χ1n) is 6.72. The van der Waals surface area contributed by atoms with Crippen molar-refractivity contribution in [3.63, 3.8) is 0 Å². The van der Waals surface area contributed by atoms with Crippen LogP contribution in [-0.2, 0) is 15.8 Å². The van der Waals surface area contributed by atoms with E-state index in [0.29, 0.717) is 16.3 Å². The van der Waals surface area contributed by atoms with Crippen LogP contribution in [0.1, 0.15) is 11.1 Å². The summed E-state index contributed by atoms with van der Waals surface area (Å²) in [6.07, 6.45) is -4.54. The maximum Gasteiger partial charge on any atom is 0.416 e. The molecule has 0 atom stereocenters. The summed E-state index contributed by atoms with van der Waals surface area (Å²) in [5, 5.41) is 4.97. The zero-order chi connectivity index (χ0) is 17.9. The lowest BCUT2D eigenvalue weighted by atomic mass is 10.2. The third-order valence-electron chi connectivity index (χ3n) is 3.09. The molecule has 0 aliphatic rings. The molecule has 2 aromatic carbocycles. The molecule has 0 bridgehead atoms. The summed E-state index contributed by atoms with van der Waals surface area (Å²) in [6, 6.07) is 8.67. The summed E-state index contributed by atoms with van der Waals surface area (Å²) in [7, 11) is 0. The van der Waals surface area contributed by atoms with Crippen molar-refractivity contribution < 1.29 is 22.8 Å². The Morgan fingerprint density at radius 1 is 1.00 bits per heavy atom. The summed E-state index contributed by atoms with van der Waals surface area (Å²) in [6.45, 7) is 1.69. The van der Waals surface area contributed by atoms with E-state index in [2.05, 4.69) is 10.6 Å². The van der Waals surface area contributed by atoms with Crippen molar-refractivity contribution in [3.05, 3.63) is 58.6 Å². The van der Waals surface area contributed by atoms with E-state index in [4.69, 9.17) is 11.6 Å². The van der Waals surface area contributed by atoms with Crippen LogP contribution in [0.25, 0.3) is 0 Å². The van der Waals surface area contributed by atoms with Crippen molar-refractivity contribution in [2.24, 2.45) is 0 Å². The van der Waals surface area contributed by atoms with Crippen molar-refractivity contribution in [2.45, 2.75) is 13.1 Å². The fourth-order valence-electron chi connectivity index (χ4n) is 1.91. The molecule has 0 aliphatic carbocycles. The third-order valence-corrected chi connectivity index (χ3v) is 3.33. The number of anilines is 2. The van der Waals surface area contributed by atoms with Gasteiger partial charge in [0.15, 0.2) is 0 Å². The number of aryl methyl sites for hydroxylation is 1. The fraction of sp³-hybridized carbons (Fsp3) is 0.125.